The van der Waals surface area contributed by atoms with Crippen molar-refractivity contribution in [3.8, 4) is 5.75 Å². The highest BCUT2D eigenvalue weighted by atomic mass is 16.5. The molecular weight excluding hydrogens is 272 g/mol. The Labute approximate surface area is 123 Å². The predicted octanol–water partition coefficient (Wildman–Crippen LogP) is 2.07. The Bertz CT molecular complexity index is 543. The number of esters is 2. The quantitative estimate of drug-likeness (QED) is 0.482. The van der Waals surface area contributed by atoms with Gasteiger partial charge in [0.25, 0.3) is 0 Å². The fraction of sp³-hybridized carbons (Fsp3) is 0.375. The van der Waals surface area contributed by atoms with E-state index < -0.39 is 17.4 Å². The van der Waals surface area contributed by atoms with Crippen LogP contribution in [0.4, 0.5) is 0 Å². The summed E-state index contributed by atoms with van der Waals surface area (Å²) in [5.41, 5.74) is -0.351. The molecule has 0 saturated heterocycles. The van der Waals surface area contributed by atoms with Crippen molar-refractivity contribution in [3.05, 3.63) is 42.0 Å². The van der Waals surface area contributed by atoms with Crippen molar-refractivity contribution in [2.24, 2.45) is 5.41 Å². The third kappa shape index (κ3) is 2.63. The third-order valence-corrected chi connectivity index (χ3v) is 3.80. The largest absolute Gasteiger partial charge is 0.497 e. The standard InChI is InChI=1S/C16H18O5/c1-19-13-6-4-11(5-7-13)12-8-9-16(10-12,14(17)20-2)15(18)21-3/h4-9,12H,10H2,1-3H3. The molecule has 5 nitrogen and oxygen atoms in total. The molecule has 0 aliphatic heterocycles. The molecule has 0 saturated carbocycles. The summed E-state index contributed by atoms with van der Waals surface area (Å²) in [6.07, 6.45) is 3.73. The maximum absolute atomic E-state index is 12.0. The van der Waals surface area contributed by atoms with Crippen LogP contribution in [0.25, 0.3) is 0 Å². The van der Waals surface area contributed by atoms with Crippen LogP contribution in [-0.4, -0.2) is 33.3 Å². The molecule has 1 aromatic carbocycles. The summed E-state index contributed by atoms with van der Waals surface area (Å²) in [7, 11) is 4.13. The van der Waals surface area contributed by atoms with Gasteiger partial charge in [0, 0.05) is 5.92 Å². The molecule has 0 spiro atoms. The SMILES string of the molecule is COC(=O)C1(C(=O)OC)C=CC(c2ccc(OC)cc2)C1. The highest BCUT2D eigenvalue weighted by Gasteiger charge is 2.50. The average Bonchev–Trinajstić information content (AvgIpc) is 3.00. The monoisotopic (exact) mass is 290 g/mol. The lowest BCUT2D eigenvalue weighted by atomic mass is 9.83. The molecule has 0 heterocycles. The Morgan fingerprint density at radius 2 is 1.62 bits per heavy atom. The summed E-state index contributed by atoms with van der Waals surface area (Å²) in [6.45, 7) is 0. The molecule has 0 radical (unpaired) electrons. The van der Waals surface area contributed by atoms with Crippen molar-refractivity contribution in [1.82, 2.24) is 0 Å². The lowest BCUT2D eigenvalue weighted by Gasteiger charge is -2.23. The Morgan fingerprint density at radius 3 is 2.10 bits per heavy atom. The van der Waals surface area contributed by atoms with E-state index in [2.05, 4.69) is 0 Å². The van der Waals surface area contributed by atoms with E-state index in [4.69, 9.17) is 14.2 Å². The zero-order valence-corrected chi connectivity index (χ0v) is 12.3. The number of rotatable bonds is 4. The third-order valence-electron chi connectivity index (χ3n) is 3.80. The molecular formula is C16H18O5. The highest BCUT2D eigenvalue weighted by molar-refractivity contribution is 6.03. The van der Waals surface area contributed by atoms with Gasteiger partial charge in [0.15, 0.2) is 5.41 Å². The van der Waals surface area contributed by atoms with E-state index in [-0.39, 0.29) is 5.92 Å². The van der Waals surface area contributed by atoms with Crippen molar-refractivity contribution in [2.75, 3.05) is 21.3 Å². The molecule has 0 fully saturated rings. The summed E-state index contributed by atoms with van der Waals surface area (Å²) in [4.78, 5) is 24.0. The van der Waals surface area contributed by atoms with Gasteiger partial charge in [-0.3, -0.25) is 9.59 Å². The number of hydrogen-bond acceptors (Lipinski definition) is 5. The van der Waals surface area contributed by atoms with Crippen LogP contribution in [0.2, 0.25) is 0 Å². The minimum Gasteiger partial charge on any atom is -0.497 e. The Balaban J connectivity index is 2.26. The van der Waals surface area contributed by atoms with Gasteiger partial charge in [0.1, 0.15) is 5.75 Å². The topological polar surface area (TPSA) is 61.8 Å². The maximum atomic E-state index is 12.0. The van der Waals surface area contributed by atoms with E-state index in [1.54, 1.807) is 13.2 Å². The molecule has 0 aromatic heterocycles. The van der Waals surface area contributed by atoms with Crippen molar-refractivity contribution in [2.45, 2.75) is 12.3 Å². The van der Waals surface area contributed by atoms with Crippen molar-refractivity contribution in [3.63, 3.8) is 0 Å². The van der Waals surface area contributed by atoms with E-state index in [0.717, 1.165) is 11.3 Å². The first kappa shape index (κ1) is 15.1. The lowest BCUT2D eigenvalue weighted by molar-refractivity contribution is -0.165. The van der Waals surface area contributed by atoms with Crippen LogP contribution in [0.15, 0.2) is 36.4 Å². The first-order valence-electron chi connectivity index (χ1n) is 6.57. The van der Waals surface area contributed by atoms with Crippen LogP contribution < -0.4 is 4.74 Å². The van der Waals surface area contributed by atoms with Gasteiger partial charge in [-0.25, -0.2) is 0 Å². The summed E-state index contributed by atoms with van der Waals surface area (Å²) in [5.74, 6) is -0.481. The molecule has 0 N–H and O–H groups in total. The number of benzene rings is 1. The lowest BCUT2D eigenvalue weighted by Crippen LogP contribution is -2.38. The van der Waals surface area contributed by atoms with Crippen molar-refractivity contribution >= 4 is 11.9 Å². The molecule has 1 aliphatic rings. The summed E-state index contributed by atoms with van der Waals surface area (Å²) < 4.78 is 14.7. The van der Waals surface area contributed by atoms with E-state index in [1.165, 1.54) is 14.2 Å². The zero-order valence-electron chi connectivity index (χ0n) is 12.3. The van der Waals surface area contributed by atoms with Crippen LogP contribution in [0.5, 0.6) is 5.75 Å². The fourth-order valence-electron chi connectivity index (χ4n) is 2.59. The number of carbonyl (C=O) groups excluding carboxylic acids is 2. The van der Waals surface area contributed by atoms with Gasteiger partial charge >= 0.3 is 11.9 Å². The number of allylic oxidation sites excluding steroid dienone is 1. The second kappa shape index (κ2) is 5.99. The van der Waals surface area contributed by atoms with Crippen LogP contribution in [-0.2, 0) is 19.1 Å². The average molecular weight is 290 g/mol. The molecule has 1 unspecified atom stereocenters. The van der Waals surface area contributed by atoms with Crippen LogP contribution >= 0.6 is 0 Å². The van der Waals surface area contributed by atoms with Gasteiger partial charge < -0.3 is 14.2 Å². The van der Waals surface area contributed by atoms with Crippen molar-refractivity contribution in [1.29, 1.82) is 0 Å². The Kier molecular flexibility index (Phi) is 4.31. The van der Waals surface area contributed by atoms with Crippen LogP contribution in [0, 0.1) is 5.41 Å². The maximum Gasteiger partial charge on any atom is 0.327 e. The number of carbonyl (C=O) groups is 2. The molecule has 1 aliphatic carbocycles. The molecule has 2 rings (SSSR count). The van der Waals surface area contributed by atoms with Crippen molar-refractivity contribution < 1.29 is 23.8 Å². The van der Waals surface area contributed by atoms with E-state index >= 15 is 0 Å². The van der Waals surface area contributed by atoms with E-state index in [0.29, 0.717) is 6.42 Å². The zero-order chi connectivity index (χ0) is 15.5. The Hall–Kier alpha value is -2.30. The minimum atomic E-state index is -1.35. The first-order valence-corrected chi connectivity index (χ1v) is 6.57. The normalized spacial score (nSPS) is 19.1. The molecule has 0 amide bonds. The van der Waals surface area contributed by atoms with E-state index in [9.17, 15) is 9.59 Å². The van der Waals surface area contributed by atoms with Gasteiger partial charge in [-0.05, 0) is 24.1 Å². The minimum absolute atomic E-state index is 0.0471. The Morgan fingerprint density at radius 1 is 1.05 bits per heavy atom. The van der Waals surface area contributed by atoms with Gasteiger partial charge in [-0.15, -0.1) is 0 Å². The first-order chi connectivity index (χ1) is 10.1. The summed E-state index contributed by atoms with van der Waals surface area (Å²) in [5, 5.41) is 0. The number of hydrogen-bond donors (Lipinski definition) is 0. The van der Waals surface area contributed by atoms with Gasteiger partial charge in [0.2, 0.25) is 0 Å². The van der Waals surface area contributed by atoms with Gasteiger partial charge in [0.05, 0.1) is 21.3 Å². The van der Waals surface area contributed by atoms with Crippen LogP contribution in [0.1, 0.15) is 17.9 Å². The molecule has 0 bridgehead atoms. The fourth-order valence-corrected chi connectivity index (χ4v) is 2.59. The second-order valence-electron chi connectivity index (χ2n) is 4.90. The highest BCUT2D eigenvalue weighted by Crippen LogP contribution is 2.43. The van der Waals surface area contributed by atoms with Gasteiger partial charge in [-0.2, -0.15) is 0 Å². The molecule has 112 valence electrons. The molecule has 1 aromatic rings. The summed E-state index contributed by atoms with van der Waals surface area (Å²) >= 11 is 0. The smallest absolute Gasteiger partial charge is 0.327 e. The van der Waals surface area contributed by atoms with E-state index in [1.807, 2.05) is 30.3 Å². The number of methoxy groups -OCH3 is 3. The number of ether oxygens (including phenoxy) is 3. The predicted molar refractivity (Wildman–Crippen MR) is 76.0 cm³/mol. The molecule has 1 atom stereocenters. The summed E-state index contributed by atoms with van der Waals surface area (Å²) in [6, 6.07) is 7.52. The molecule has 5 heteroatoms. The van der Waals surface area contributed by atoms with Crippen LogP contribution in [0.3, 0.4) is 0 Å². The van der Waals surface area contributed by atoms with Gasteiger partial charge in [-0.1, -0.05) is 24.3 Å². The molecule has 21 heavy (non-hydrogen) atoms. The second-order valence-corrected chi connectivity index (χ2v) is 4.90.